The lowest BCUT2D eigenvalue weighted by Crippen LogP contribution is -2.43. The minimum atomic E-state index is -3.11. The number of nitrogens with one attached hydrogen (secondary N) is 1. The Labute approximate surface area is 172 Å². The van der Waals surface area contributed by atoms with Gasteiger partial charge in [0.15, 0.2) is 11.5 Å². The lowest BCUT2D eigenvalue weighted by molar-refractivity contribution is -0.142. The Morgan fingerprint density at radius 1 is 1.24 bits per heavy atom. The van der Waals surface area contributed by atoms with Crippen LogP contribution in [0.1, 0.15) is 39.3 Å². The number of hydrogen-bond donors (Lipinski definition) is 3. The van der Waals surface area contributed by atoms with Crippen LogP contribution < -0.4 is 20.5 Å². The first-order valence-corrected chi connectivity index (χ1v) is 11.1. The van der Waals surface area contributed by atoms with Gasteiger partial charge in [-0.05, 0) is 30.5 Å². The molecule has 1 unspecified atom stereocenters. The van der Waals surface area contributed by atoms with Crippen LogP contribution in [0.3, 0.4) is 0 Å². The topological polar surface area (TPSA) is 145 Å². The van der Waals surface area contributed by atoms with Gasteiger partial charge in [0.25, 0.3) is 0 Å². The maximum absolute atomic E-state index is 11.2. The van der Waals surface area contributed by atoms with Gasteiger partial charge in [-0.1, -0.05) is 19.9 Å². The molecule has 0 aliphatic heterocycles. The van der Waals surface area contributed by atoms with E-state index in [9.17, 15) is 18.0 Å². The maximum atomic E-state index is 11.2. The number of carboxylic acids is 1. The van der Waals surface area contributed by atoms with Crippen molar-refractivity contribution < 1.29 is 32.6 Å². The second kappa shape index (κ2) is 12.3. The van der Waals surface area contributed by atoms with Crippen molar-refractivity contribution in [2.75, 3.05) is 25.7 Å². The van der Waals surface area contributed by atoms with Crippen LogP contribution in [-0.4, -0.2) is 57.2 Å². The van der Waals surface area contributed by atoms with E-state index in [0.717, 1.165) is 0 Å². The first-order valence-electron chi connectivity index (χ1n) is 9.06. The first kappa shape index (κ1) is 26.7. The molecule has 1 aromatic rings. The van der Waals surface area contributed by atoms with Crippen LogP contribution in [0.15, 0.2) is 18.2 Å². The fourth-order valence-corrected chi connectivity index (χ4v) is 3.19. The second-order valence-electron chi connectivity index (χ2n) is 6.80. The fourth-order valence-electron chi connectivity index (χ4n) is 2.35. The van der Waals surface area contributed by atoms with E-state index in [1.807, 2.05) is 6.92 Å². The summed E-state index contributed by atoms with van der Waals surface area (Å²) in [6.07, 6.45) is 1.17. The SMILES string of the molecule is CC(=O)N[C@H](C(=O)O)C(C)C.CCOc1cc(C(N)CS(C)(=O)=O)ccc1OC. The molecule has 9 nitrogen and oxygen atoms in total. The summed E-state index contributed by atoms with van der Waals surface area (Å²) in [5.41, 5.74) is 6.57. The van der Waals surface area contributed by atoms with Crippen LogP contribution in [0.5, 0.6) is 11.5 Å². The third-order valence-electron chi connectivity index (χ3n) is 3.69. The number of carboxylic acid groups (broad SMARTS) is 1. The van der Waals surface area contributed by atoms with Crippen LogP contribution in [0, 0.1) is 5.92 Å². The quantitative estimate of drug-likeness (QED) is 0.530. The summed E-state index contributed by atoms with van der Waals surface area (Å²) < 4.78 is 33.0. The molecule has 0 aliphatic rings. The molecule has 0 aromatic heterocycles. The summed E-state index contributed by atoms with van der Waals surface area (Å²) in [5, 5.41) is 10.9. The summed E-state index contributed by atoms with van der Waals surface area (Å²) in [7, 11) is -1.56. The fraction of sp³-hybridized carbons (Fsp3) is 0.579. The molecule has 166 valence electrons. The summed E-state index contributed by atoms with van der Waals surface area (Å²) in [6, 6.07) is 3.86. The van der Waals surface area contributed by atoms with Crippen LogP contribution in [0.25, 0.3) is 0 Å². The van der Waals surface area contributed by atoms with Gasteiger partial charge >= 0.3 is 5.97 Å². The highest BCUT2D eigenvalue weighted by atomic mass is 32.2. The monoisotopic (exact) mass is 432 g/mol. The zero-order chi connectivity index (χ0) is 22.8. The number of amides is 1. The van der Waals surface area contributed by atoms with Gasteiger partial charge in [0.1, 0.15) is 15.9 Å². The van der Waals surface area contributed by atoms with E-state index >= 15 is 0 Å². The van der Waals surface area contributed by atoms with Gasteiger partial charge in [0.05, 0.1) is 19.5 Å². The van der Waals surface area contributed by atoms with Gasteiger partial charge in [-0.15, -0.1) is 0 Å². The van der Waals surface area contributed by atoms with Crippen LogP contribution >= 0.6 is 0 Å². The third kappa shape index (κ3) is 10.7. The average molecular weight is 433 g/mol. The molecular formula is C19H32N2O7S. The van der Waals surface area contributed by atoms with Crippen molar-refractivity contribution in [3.05, 3.63) is 23.8 Å². The number of benzene rings is 1. The largest absolute Gasteiger partial charge is 0.493 e. The molecule has 4 N–H and O–H groups in total. The zero-order valence-corrected chi connectivity index (χ0v) is 18.6. The Kier molecular flexibility index (Phi) is 11.3. The van der Waals surface area contributed by atoms with Gasteiger partial charge in [-0.2, -0.15) is 0 Å². The minimum absolute atomic E-state index is 0.0867. The van der Waals surface area contributed by atoms with Crippen molar-refractivity contribution >= 4 is 21.7 Å². The summed E-state index contributed by atoms with van der Waals surface area (Å²) in [6.45, 7) is 7.16. The van der Waals surface area contributed by atoms with Crippen molar-refractivity contribution in [1.29, 1.82) is 0 Å². The number of aliphatic carboxylic acids is 1. The highest BCUT2D eigenvalue weighted by molar-refractivity contribution is 7.90. The van der Waals surface area contributed by atoms with Crippen molar-refractivity contribution in [2.24, 2.45) is 11.7 Å². The van der Waals surface area contributed by atoms with Crippen molar-refractivity contribution in [3.8, 4) is 11.5 Å². The molecule has 0 fully saturated rings. The molecule has 0 saturated heterocycles. The van der Waals surface area contributed by atoms with Gasteiger partial charge in [-0.3, -0.25) is 4.79 Å². The molecule has 0 spiro atoms. The molecule has 0 radical (unpaired) electrons. The van der Waals surface area contributed by atoms with Crippen molar-refractivity contribution in [3.63, 3.8) is 0 Å². The highest BCUT2D eigenvalue weighted by Crippen LogP contribution is 2.30. The van der Waals surface area contributed by atoms with E-state index in [-0.39, 0.29) is 17.6 Å². The Bertz CT molecular complexity index is 779. The van der Waals surface area contributed by atoms with E-state index in [1.54, 1.807) is 39.2 Å². The lowest BCUT2D eigenvalue weighted by Gasteiger charge is -2.16. The minimum Gasteiger partial charge on any atom is -0.493 e. The lowest BCUT2D eigenvalue weighted by atomic mass is 10.1. The number of carbonyl (C=O) groups is 2. The average Bonchev–Trinajstić information content (AvgIpc) is 2.58. The van der Waals surface area contributed by atoms with E-state index in [0.29, 0.717) is 23.7 Å². The van der Waals surface area contributed by atoms with E-state index in [4.69, 9.17) is 20.3 Å². The number of rotatable bonds is 9. The predicted molar refractivity (Wildman–Crippen MR) is 111 cm³/mol. The molecule has 1 aromatic carbocycles. The smallest absolute Gasteiger partial charge is 0.326 e. The van der Waals surface area contributed by atoms with E-state index < -0.39 is 27.9 Å². The molecule has 2 atom stereocenters. The van der Waals surface area contributed by atoms with Gasteiger partial charge in [-0.25, -0.2) is 13.2 Å². The Morgan fingerprint density at radius 2 is 1.83 bits per heavy atom. The number of ether oxygens (including phenoxy) is 2. The van der Waals surface area contributed by atoms with Gasteiger partial charge in [0.2, 0.25) is 5.91 Å². The number of carbonyl (C=O) groups excluding carboxylic acids is 1. The Morgan fingerprint density at radius 3 is 2.17 bits per heavy atom. The highest BCUT2D eigenvalue weighted by Gasteiger charge is 2.21. The molecule has 0 bridgehead atoms. The maximum Gasteiger partial charge on any atom is 0.326 e. The number of hydrogen-bond acceptors (Lipinski definition) is 7. The summed E-state index contributed by atoms with van der Waals surface area (Å²) in [5.74, 6) is -0.309. The molecule has 29 heavy (non-hydrogen) atoms. The number of sulfone groups is 1. The standard InChI is InChI=1S/C12H19NO4S.C7H13NO3/c1-4-17-12-7-9(5-6-11(12)16-2)10(13)8-18(3,14)15;1-4(2)6(7(10)11)8-5(3)9/h5-7,10H,4,8,13H2,1-3H3;4,6H,1-3H3,(H,8,9)(H,10,11)/t;6-/m.0/s1. The molecule has 1 rings (SSSR count). The van der Waals surface area contributed by atoms with Gasteiger partial charge in [0, 0.05) is 19.2 Å². The summed E-state index contributed by atoms with van der Waals surface area (Å²) in [4.78, 5) is 21.0. The van der Waals surface area contributed by atoms with Crippen molar-refractivity contribution in [2.45, 2.75) is 39.8 Å². The number of methoxy groups -OCH3 is 1. The first-order chi connectivity index (χ1) is 13.3. The van der Waals surface area contributed by atoms with E-state index in [2.05, 4.69) is 5.32 Å². The second-order valence-corrected chi connectivity index (χ2v) is 8.99. The molecule has 0 heterocycles. The molecule has 10 heteroatoms. The molecule has 1 amide bonds. The van der Waals surface area contributed by atoms with E-state index in [1.165, 1.54) is 13.2 Å². The van der Waals surface area contributed by atoms with Crippen LogP contribution in [0.4, 0.5) is 0 Å². The molecule has 0 saturated carbocycles. The predicted octanol–water partition coefficient (Wildman–Crippen LogP) is 1.37. The third-order valence-corrected chi connectivity index (χ3v) is 4.65. The Balaban J connectivity index is 0.000000614. The van der Waals surface area contributed by atoms with Crippen LogP contribution in [-0.2, 0) is 19.4 Å². The van der Waals surface area contributed by atoms with Crippen LogP contribution in [0.2, 0.25) is 0 Å². The Hall–Kier alpha value is -2.33. The molecule has 0 aliphatic carbocycles. The van der Waals surface area contributed by atoms with Gasteiger partial charge < -0.3 is 25.6 Å². The normalized spacial score (nSPS) is 13.0. The van der Waals surface area contributed by atoms with Crippen molar-refractivity contribution in [1.82, 2.24) is 5.32 Å². The summed E-state index contributed by atoms with van der Waals surface area (Å²) >= 11 is 0. The number of nitrogens with two attached hydrogens (primary N) is 1. The molecular weight excluding hydrogens is 400 g/mol. The zero-order valence-electron chi connectivity index (χ0n) is 17.8.